The number of hydrogen-bond acceptors (Lipinski definition) is 4. The summed E-state index contributed by atoms with van der Waals surface area (Å²) in [6.07, 6.45) is 4.90. The number of rotatable bonds is 5. The van der Waals surface area contributed by atoms with Crippen LogP contribution in [0, 0.1) is 0 Å². The van der Waals surface area contributed by atoms with Crippen molar-refractivity contribution in [1.29, 1.82) is 0 Å². The Bertz CT molecular complexity index is 677. The Labute approximate surface area is 168 Å². The number of anilines is 1. The van der Waals surface area contributed by atoms with Crippen molar-refractivity contribution < 1.29 is 9.53 Å². The Balaban J connectivity index is 1.66. The number of likely N-dealkylation sites (N-methyl/N-ethyl adjacent to an activating group) is 1. The first-order chi connectivity index (χ1) is 13.6. The average Bonchev–Trinajstić information content (AvgIpc) is 3.24. The second-order valence-corrected chi connectivity index (χ2v) is 7.70. The van der Waals surface area contributed by atoms with Crippen LogP contribution in [0.3, 0.4) is 0 Å². The van der Waals surface area contributed by atoms with Gasteiger partial charge in [-0.15, -0.1) is 0 Å². The minimum atomic E-state index is 0.0263. The predicted octanol–water partition coefficient (Wildman–Crippen LogP) is 1.79. The third kappa shape index (κ3) is 5.09. The number of carbonyl (C=O) groups is 1. The monoisotopic (exact) mass is 387 g/mol. The van der Waals surface area contributed by atoms with Crippen molar-refractivity contribution in [2.24, 2.45) is 4.99 Å². The van der Waals surface area contributed by atoms with Gasteiger partial charge >= 0.3 is 0 Å². The lowest BCUT2D eigenvalue weighted by atomic mass is 10.2. The molecule has 1 saturated carbocycles. The lowest BCUT2D eigenvalue weighted by molar-refractivity contribution is -0.127. The fraction of sp³-hybridized carbons (Fsp3) is 0.619. The van der Waals surface area contributed by atoms with Gasteiger partial charge in [0.05, 0.1) is 12.8 Å². The van der Waals surface area contributed by atoms with Crippen LogP contribution in [-0.2, 0) is 4.79 Å². The maximum atomic E-state index is 12.0. The highest BCUT2D eigenvalue weighted by atomic mass is 16.5. The predicted molar refractivity (Wildman–Crippen MR) is 113 cm³/mol. The molecule has 154 valence electrons. The van der Waals surface area contributed by atoms with Crippen molar-refractivity contribution in [2.75, 3.05) is 58.8 Å². The molecule has 1 aliphatic carbocycles. The normalized spacial score (nSPS) is 18.3. The molecule has 3 rings (SSSR count). The van der Waals surface area contributed by atoms with Crippen molar-refractivity contribution in [3.8, 4) is 5.75 Å². The van der Waals surface area contributed by atoms with E-state index in [0.717, 1.165) is 43.6 Å². The standard InChI is InChI=1S/C21H33N5O2/c1-24(2)20(27)16-22-21(23-17-8-4-5-9-17)26-14-12-25(13-15-26)18-10-6-7-11-19(18)28-3/h6-7,10-11,17H,4-5,8-9,12-16H2,1-3H3,(H,22,23). The van der Waals surface area contributed by atoms with Gasteiger partial charge in [-0.3, -0.25) is 4.79 Å². The van der Waals surface area contributed by atoms with E-state index in [9.17, 15) is 4.79 Å². The van der Waals surface area contributed by atoms with E-state index < -0.39 is 0 Å². The number of ether oxygens (including phenoxy) is 1. The first-order valence-electron chi connectivity index (χ1n) is 10.2. The number of nitrogens with one attached hydrogen (secondary N) is 1. The van der Waals surface area contributed by atoms with Crippen molar-refractivity contribution in [1.82, 2.24) is 15.1 Å². The molecule has 0 atom stereocenters. The number of methoxy groups -OCH3 is 1. The van der Waals surface area contributed by atoms with E-state index in [1.807, 2.05) is 18.2 Å². The van der Waals surface area contributed by atoms with Crippen LogP contribution in [0.5, 0.6) is 5.75 Å². The summed E-state index contributed by atoms with van der Waals surface area (Å²) >= 11 is 0. The number of benzene rings is 1. The Morgan fingerprint density at radius 1 is 1.18 bits per heavy atom. The number of carbonyl (C=O) groups excluding carboxylic acids is 1. The fourth-order valence-corrected chi connectivity index (χ4v) is 3.82. The van der Waals surface area contributed by atoms with Gasteiger partial charge in [-0.25, -0.2) is 4.99 Å². The molecule has 1 N–H and O–H groups in total. The molecule has 0 aromatic heterocycles. The second kappa shape index (κ2) is 9.66. The number of hydrogen-bond donors (Lipinski definition) is 1. The number of guanidine groups is 1. The van der Waals surface area contributed by atoms with E-state index in [2.05, 4.69) is 26.2 Å². The third-order valence-electron chi connectivity index (χ3n) is 5.56. The molecule has 7 nitrogen and oxygen atoms in total. The van der Waals surface area contributed by atoms with Crippen LogP contribution in [-0.4, -0.2) is 81.6 Å². The molecule has 1 heterocycles. The van der Waals surface area contributed by atoms with Crippen LogP contribution >= 0.6 is 0 Å². The van der Waals surface area contributed by atoms with Gasteiger partial charge in [0.1, 0.15) is 12.3 Å². The van der Waals surface area contributed by atoms with Gasteiger partial charge in [0.15, 0.2) is 5.96 Å². The molecule has 1 aromatic rings. The molecule has 7 heteroatoms. The Hall–Kier alpha value is -2.44. The fourth-order valence-electron chi connectivity index (χ4n) is 3.82. The largest absolute Gasteiger partial charge is 0.495 e. The van der Waals surface area contributed by atoms with E-state index >= 15 is 0 Å². The zero-order chi connectivity index (χ0) is 19.9. The zero-order valence-corrected chi connectivity index (χ0v) is 17.4. The van der Waals surface area contributed by atoms with Crippen LogP contribution in [0.2, 0.25) is 0 Å². The molecule has 1 amide bonds. The molecule has 0 bridgehead atoms. The smallest absolute Gasteiger partial charge is 0.243 e. The topological polar surface area (TPSA) is 60.4 Å². The molecule has 2 aliphatic rings. The van der Waals surface area contributed by atoms with E-state index in [4.69, 9.17) is 4.74 Å². The van der Waals surface area contributed by atoms with Gasteiger partial charge in [-0.1, -0.05) is 25.0 Å². The average molecular weight is 388 g/mol. The van der Waals surface area contributed by atoms with Crippen molar-refractivity contribution >= 4 is 17.6 Å². The summed E-state index contributed by atoms with van der Waals surface area (Å²) in [6, 6.07) is 8.63. The lowest BCUT2D eigenvalue weighted by Gasteiger charge is -2.38. The number of aliphatic imine (C=N–C) groups is 1. The summed E-state index contributed by atoms with van der Waals surface area (Å²) in [5, 5.41) is 3.62. The SMILES string of the molecule is COc1ccccc1N1CCN(C(=NCC(=O)N(C)C)NC2CCCC2)CC1. The van der Waals surface area contributed by atoms with Gasteiger partial charge < -0.3 is 24.8 Å². The van der Waals surface area contributed by atoms with Gasteiger partial charge in [0.25, 0.3) is 0 Å². The maximum absolute atomic E-state index is 12.0. The van der Waals surface area contributed by atoms with Crippen molar-refractivity contribution in [3.63, 3.8) is 0 Å². The number of amides is 1. The highest BCUT2D eigenvalue weighted by Crippen LogP contribution is 2.28. The molecule has 2 fully saturated rings. The molecule has 0 radical (unpaired) electrons. The summed E-state index contributed by atoms with van der Waals surface area (Å²) < 4.78 is 5.52. The van der Waals surface area contributed by atoms with Crippen molar-refractivity contribution in [3.05, 3.63) is 24.3 Å². The third-order valence-corrected chi connectivity index (χ3v) is 5.56. The quantitative estimate of drug-likeness (QED) is 0.617. The van der Waals surface area contributed by atoms with Crippen LogP contribution in [0.4, 0.5) is 5.69 Å². The van der Waals surface area contributed by atoms with E-state index in [1.165, 1.54) is 25.7 Å². The van der Waals surface area contributed by atoms with Gasteiger partial charge in [-0.2, -0.15) is 0 Å². The molecule has 1 aromatic carbocycles. The summed E-state index contributed by atoms with van der Waals surface area (Å²) in [5.41, 5.74) is 1.13. The molecule has 1 saturated heterocycles. The Morgan fingerprint density at radius 2 is 1.86 bits per heavy atom. The highest BCUT2D eigenvalue weighted by molar-refractivity contribution is 5.85. The molecule has 0 unspecified atom stereocenters. The Kier molecular flexibility index (Phi) is 7.01. The maximum Gasteiger partial charge on any atom is 0.243 e. The van der Waals surface area contributed by atoms with Crippen molar-refractivity contribution in [2.45, 2.75) is 31.7 Å². The summed E-state index contributed by atoms with van der Waals surface area (Å²) in [4.78, 5) is 22.9. The van der Waals surface area contributed by atoms with Crippen LogP contribution < -0.4 is 15.0 Å². The molecule has 0 spiro atoms. The first kappa shape index (κ1) is 20.3. The minimum absolute atomic E-state index is 0.0263. The van der Waals surface area contributed by atoms with E-state index in [1.54, 1.807) is 26.1 Å². The van der Waals surface area contributed by atoms with E-state index in [0.29, 0.717) is 6.04 Å². The van der Waals surface area contributed by atoms with Gasteiger partial charge in [0, 0.05) is 46.3 Å². The molecule has 28 heavy (non-hydrogen) atoms. The highest BCUT2D eigenvalue weighted by Gasteiger charge is 2.24. The summed E-state index contributed by atoms with van der Waals surface area (Å²) in [5.74, 6) is 1.81. The second-order valence-electron chi connectivity index (χ2n) is 7.70. The van der Waals surface area contributed by atoms with Crippen LogP contribution in [0.25, 0.3) is 0 Å². The van der Waals surface area contributed by atoms with Crippen LogP contribution in [0.1, 0.15) is 25.7 Å². The Morgan fingerprint density at radius 3 is 2.50 bits per heavy atom. The number of nitrogens with zero attached hydrogens (tertiary/aromatic N) is 4. The van der Waals surface area contributed by atoms with Crippen LogP contribution in [0.15, 0.2) is 29.3 Å². The lowest BCUT2D eigenvalue weighted by Crippen LogP contribution is -2.54. The van der Waals surface area contributed by atoms with E-state index in [-0.39, 0.29) is 12.5 Å². The van der Waals surface area contributed by atoms with Gasteiger partial charge in [0.2, 0.25) is 5.91 Å². The molecule has 1 aliphatic heterocycles. The summed E-state index contributed by atoms with van der Waals surface area (Å²) in [6.45, 7) is 3.72. The van der Waals surface area contributed by atoms with Gasteiger partial charge in [-0.05, 0) is 25.0 Å². The summed E-state index contributed by atoms with van der Waals surface area (Å²) in [7, 11) is 5.26. The zero-order valence-electron chi connectivity index (χ0n) is 17.4. The molecular weight excluding hydrogens is 354 g/mol. The molecular formula is C21H33N5O2. The number of para-hydroxylation sites is 2. The minimum Gasteiger partial charge on any atom is -0.495 e. The first-order valence-corrected chi connectivity index (χ1v) is 10.2. The number of piperazine rings is 1.